The van der Waals surface area contributed by atoms with Gasteiger partial charge < -0.3 is 14.8 Å². The summed E-state index contributed by atoms with van der Waals surface area (Å²) in [6.07, 6.45) is 1.42. The van der Waals surface area contributed by atoms with Crippen LogP contribution in [0.15, 0.2) is 48.0 Å². The van der Waals surface area contributed by atoms with Crippen LogP contribution in [0.4, 0.5) is 10.1 Å². The molecule has 1 amide bonds. The summed E-state index contributed by atoms with van der Waals surface area (Å²) in [6, 6.07) is 12.1. The van der Waals surface area contributed by atoms with Crippen LogP contribution < -0.4 is 14.8 Å². The van der Waals surface area contributed by atoms with Gasteiger partial charge in [-0.05, 0) is 48.0 Å². The number of ether oxygens (including phenoxy) is 2. The minimum atomic E-state index is -0.592. The molecule has 0 fully saturated rings. The summed E-state index contributed by atoms with van der Waals surface area (Å²) in [5.41, 5.74) is 0.873. The first-order valence-corrected chi connectivity index (χ1v) is 6.97. The van der Waals surface area contributed by atoms with Crippen molar-refractivity contribution in [1.29, 1.82) is 5.26 Å². The van der Waals surface area contributed by atoms with E-state index in [-0.39, 0.29) is 5.57 Å². The van der Waals surface area contributed by atoms with E-state index in [0.717, 1.165) is 0 Å². The summed E-state index contributed by atoms with van der Waals surface area (Å²) < 4.78 is 23.2. The lowest BCUT2D eigenvalue weighted by molar-refractivity contribution is -0.112. The Hall–Kier alpha value is -3.33. The van der Waals surface area contributed by atoms with Crippen molar-refractivity contribution in [2.45, 2.75) is 0 Å². The van der Waals surface area contributed by atoms with Gasteiger partial charge in [0.15, 0.2) is 0 Å². The lowest BCUT2D eigenvalue weighted by Gasteiger charge is -2.07. The van der Waals surface area contributed by atoms with Crippen LogP contribution in [0.2, 0.25) is 0 Å². The van der Waals surface area contributed by atoms with Gasteiger partial charge in [-0.15, -0.1) is 0 Å². The molecular formula is C18H15FN2O3. The zero-order valence-corrected chi connectivity index (χ0v) is 13.2. The minimum absolute atomic E-state index is 0.102. The van der Waals surface area contributed by atoms with Gasteiger partial charge in [-0.25, -0.2) is 4.39 Å². The molecule has 2 aromatic carbocycles. The first-order valence-electron chi connectivity index (χ1n) is 6.97. The Balaban J connectivity index is 2.26. The van der Waals surface area contributed by atoms with Crippen LogP contribution in [0, 0.1) is 17.1 Å². The topological polar surface area (TPSA) is 71.3 Å². The van der Waals surface area contributed by atoms with Gasteiger partial charge >= 0.3 is 0 Å². The minimum Gasteiger partial charge on any atom is -0.497 e. The molecule has 0 aliphatic rings. The molecule has 0 aliphatic carbocycles. The molecule has 0 saturated heterocycles. The number of benzene rings is 2. The Kier molecular flexibility index (Phi) is 5.53. The van der Waals surface area contributed by atoms with E-state index in [1.807, 2.05) is 6.07 Å². The Labute approximate surface area is 138 Å². The molecular weight excluding hydrogens is 311 g/mol. The van der Waals surface area contributed by atoms with Gasteiger partial charge in [-0.1, -0.05) is 0 Å². The summed E-state index contributed by atoms with van der Waals surface area (Å²) in [5, 5.41) is 11.8. The van der Waals surface area contributed by atoms with Gasteiger partial charge in [-0.3, -0.25) is 4.79 Å². The molecule has 5 nitrogen and oxygen atoms in total. The van der Waals surface area contributed by atoms with Crippen LogP contribution in [0.5, 0.6) is 11.5 Å². The summed E-state index contributed by atoms with van der Waals surface area (Å²) in [6.45, 7) is 0. The molecule has 0 unspecified atom stereocenters. The molecule has 0 heterocycles. The van der Waals surface area contributed by atoms with Gasteiger partial charge in [0.25, 0.3) is 5.91 Å². The van der Waals surface area contributed by atoms with Crippen LogP contribution in [0.1, 0.15) is 5.56 Å². The number of hydrogen-bond donors (Lipinski definition) is 1. The highest BCUT2D eigenvalue weighted by Gasteiger charge is 2.10. The van der Waals surface area contributed by atoms with E-state index in [2.05, 4.69) is 5.32 Å². The Bertz CT molecular complexity index is 786. The van der Waals surface area contributed by atoms with Crippen molar-refractivity contribution in [3.8, 4) is 17.6 Å². The van der Waals surface area contributed by atoms with E-state index in [1.54, 1.807) is 18.2 Å². The maximum atomic E-state index is 12.9. The van der Waals surface area contributed by atoms with Gasteiger partial charge in [0.2, 0.25) is 0 Å². The first-order chi connectivity index (χ1) is 11.5. The molecule has 6 heteroatoms. The third kappa shape index (κ3) is 4.34. The molecule has 0 spiro atoms. The third-order valence-corrected chi connectivity index (χ3v) is 3.15. The predicted molar refractivity (Wildman–Crippen MR) is 88.2 cm³/mol. The molecule has 0 bridgehead atoms. The fourth-order valence-corrected chi connectivity index (χ4v) is 1.96. The molecule has 122 valence electrons. The standard InChI is InChI=1S/C18H15FN2O3/c1-23-16-8-12(9-17(10-16)24-2)7-13(11-20)18(22)21-15-5-3-14(19)4-6-15/h3-10H,1-2H3,(H,21,22)/b13-7+. The van der Waals surface area contributed by atoms with Crippen LogP contribution >= 0.6 is 0 Å². The fourth-order valence-electron chi connectivity index (χ4n) is 1.96. The molecule has 0 radical (unpaired) electrons. The number of carbonyl (C=O) groups is 1. The van der Waals surface area contributed by atoms with Crippen LogP contribution in [0.3, 0.4) is 0 Å². The summed E-state index contributed by atoms with van der Waals surface area (Å²) in [4.78, 5) is 12.2. The third-order valence-electron chi connectivity index (χ3n) is 3.15. The number of nitrogens with zero attached hydrogens (tertiary/aromatic N) is 1. The number of anilines is 1. The quantitative estimate of drug-likeness (QED) is 0.675. The van der Waals surface area contributed by atoms with Crippen molar-refractivity contribution in [3.05, 3.63) is 59.4 Å². The average Bonchev–Trinajstić information content (AvgIpc) is 2.61. The molecule has 0 aromatic heterocycles. The van der Waals surface area contributed by atoms with Crippen LogP contribution in [-0.4, -0.2) is 20.1 Å². The van der Waals surface area contributed by atoms with Crippen molar-refractivity contribution in [2.75, 3.05) is 19.5 Å². The van der Waals surface area contributed by atoms with E-state index in [1.165, 1.54) is 44.6 Å². The normalized spacial score (nSPS) is 10.7. The summed E-state index contributed by atoms with van der Waals surface area (Å²) >= 11 is 0. The second-order valence-electron chi connectivity index (χ2n) is 4.78. The van der Waals surface area contributed by atoms with Crippen molar-refractivity contribution in [1.82, 2.24) is 0 Å². The molecule has 0 aliphatic heterocycles. The van der Waals surface area contributed by atoms with Gasteiger partial charge in [0.1, 0.15) is 29.0 Å². The van der Waals surface area contributed by atoms with Crippen LogP contribution in [-0.2, 0) is 4.79 Å². The zero-order chi connectivity index (χ0) is 17.5. The Morgan fingerprint density at radius 1 is 1.12 bits per heavy atom. The van der Waals surface area contributed by atoms with E-state index in [4.69, 9.17) is 9.47 Å². The Morgan fingerprint density at radius 2 is 1.71 bits per heavy atom. The van der Waals surface area contributed by atoms with Crippen molar-refractivity contribution in [2.24, 2.45) is 0 Å². The second-order valence-corrected chi connectivity index (χ2v) is 4.78. The van der Waals surface area contributed by atoms with Gasteiger partial charge in [0.05, 0.1) is 14.2 Å². The van der Waals surface area contributed by atoms with Gasteiger partial charge in [0, 0.05) is 11.8 Å². The smallest absolute Gasteiger partial charge is 0.266 e. The number of halogens is 1. The predicted octanol–water partition coefficient (Wildman–Crippen LogP) is 3.39. The summed E-state index contributed by atoms with van der Waals surface area (Å²) in [7, 11) is 3.02. The number of rotatable bonds is 5. The second kappa shape index (κ2) is 7.79. The number of amides is 1. The van der Waals surface area contributed by atoms with E-state index >= 15 is 0 Å². The van der Waals surface area contributed by atoms with Crippen LogP contribution in [0.25, 0.3) is 6.08 Å². The SMILES string of the molecule is COc1cc(/C=C(\C#N)C(=O)Nc2ccc(F)cc2)cc(OC)c1. The Morgan fingerprint density at radius 3 is 2.21 bits per heavy atom. The maximum absolute atomic E-state index is 12.9. The number of carbonyl (C=O) groups excluding carboxylic acids is 1. The molecule has 0 saturated carbocycles. The highest BCUT2D eigenvalue weighted by atomic mass is 19.1. The van der Waals surface area contributed by atoms with Crippen molar-refractivity contribution >= 4 is 17.7 Å². The average molecular weight is 326 g/mol. The number of nitrogens with one attached hydrogen (secondary N) is 1. The number of hydrogen-bond acceptors (Lipinski definition) is 4. The fraction of sp³-hybridized carbons (Fsp3) is 0.111. The molecule has 2 aromatic rings. The molecule has 24 heavy (non-hydrogen) atoms. The van der Waals surface area contributed by atoms with Gasteiger partial charge in [-0.2, -0.15) is 5.26 Å². The number of methoxy groups -OCH3 is 2. The van der Waals surface area contributed by atoms with Crippen molar-refractivity contribution in [3.63, 3.8) is 0 Å². The number of nitriles is 1. The molecule has 2 rings (SSSR count). The zero-order valence-electron chi connectivity index (χ0n) is 13.2. The lowest BCUT2D eigenvalue weighted by Crippen LogP contribution is -2.13. The largest absolute Gasteiger partial charge is 0.497 e. The van der Waals surface area contributed by atoms with E-state index in [9.17, 15) is 14.4 Å². The monoisotopic (exact) mass is 326 g/mol. The van der Waals surface area contributed by atoms with E-state index in [0.29, 0.717) is 22.7 Å². The summed E-state index contributed by atoms with van der Waals surface area (Å²) in [5.74, 6) is 0.0760. The molecule has 1 N–H and O–H groups in total. The van der Waals surface area contributed by atoms with E-state index < -0.39 is 11.7 Å². The van der Waals surface area contributed by atoms with Crippen molar-refractivity contribution < 1.29 is 18.7 Å². The maximum Gasteiger partial charge on any atom is 0.266 e. The first kappa shape index (κ1) is 17.0. The highest BCUT2D eigenvalue weighted by Crippen LogP contribution is 2.24. The highest BCUT2D eigenvalue weighted by molar-refractivity contribution is 6.09. The lowest BCUT2D eigenvalue weighted by atomic mass is 10.1. The molecule has 0 atom stereocenters.